The first-order chi connectivity index (χ1) is 13.7. The zero-order chi connectivity index (χ0) is 19.8. The maximum atomic E-state index is 12.6. The van der Waals surface area contributed by atoms with Gasteiger partial charge >= 0.3 is 5.97 Å². The maximum Gasteiger partial charge on any atom is 0.340 e. The molecule has 0 aliphatic heterocycles. The highest BCUT2D eigenvalue weighted by Gasteiger charge is 2.16. The van der Waals surface area contributed by atoms with Crippen LogP contribution < -0.4 is 10.6 Å². The summed E-state index contributed by atoms with van der Waals surface area (Å²) >= 11 is 0. The Kier molecular flexibility index (Phi) is 6.25. The summed E-state index contributed by atoms with van der Waals surface area (Å²) in [5, 5.41) is 5.76. The average molecular weight is 377 g/mol. The number of pyridine rings is 1. The molecule has 0 aliphatic rings. The average Bonchev–Trinajstić information content (AvgIpc) is 2.74. The zero-order valence-electron chi connectivity index (χ0n) is 15.3. The van der Waals surface area contributed by atoms with Gasteiger partial charge in [0.15, 0.2) is 0 Å². The Hall–Kier alpha value is -3.81. The second-order valence-corrected chi connectivity index (χ2v) is 5.69. The number of benzene rings is 1. The minimum atomic E-state index is -0.499. The zero-order valence-corrected chi connectivity index (χ0v) is 15.3. The van der Waals surface area contributed by atoms with Crippen molar-refractivity contribution < 1.29 is 14.3 Å². The standard InChI is InChI=1S/C20H19N5O3/c1-2-28-19(27)15-5-3-4-6-16(15)24-18(26)17-9-12-22-20(25-17)23-13-14-7-10-21-11-8-14/h3-12H,2,13H2,1H3,(H,24,26)(H,22,23,25). The maximum absolute atomic E-state index is 12.6. The number of hydrogen-bond donors (Lipinski definition) is 2. The van der Waals surface area contributed by atoms with Gasteiger partial charge in [-0.2, -0.15) is 0 Å². The first kappa shape index (κ1) is 19.0. The van der Waals surface area contributed by atoms with Crippen LogP contribution in [0.4, 0.5) is 11.6 Å². The highest BCUT2D eigenvalue weighted by atomic mass is 16.5. The normalized spacial score (nSPS) is 10.2. The Balaban J connectivity index is 1.71. The summed E-state index contributed by atoms with van der Waals surface area (Å²) in [6.07, 6.45) is 4.89. The van der Waals surface area contributed by atoms with Crippen molar-refractivity contribution in [2.45, 2.75) is 13.5 Å². The molecule has 28 heavy (non-hydrogen) atoms. The number of carbonyl (C=O) groups excluding carboxylic acids is 2. The lowest BCUT2D eigenvalue weighted by atomic mass is 10.1. The first-order valence-electron chi connectivity index (χ1n) is 8.70. The van der Waals surface area contributed by atoms with E-state index in [1.54, 1.807) is 43.6 Å². The highest BCUT2D eigenvalue weighted by molar-refractivity contribution is 6.07. The molecule has 2 heterocycles. The second-order valence-electron chi connectivity index (χ2n) is 5.69. The minimum absolute atomic E-state index is 0.172. The van der Waals surface area contributed by atoms with Crippen LogP contribution in [-0.2, 0) is 11.3 Å². The molecule has 2 N–H and O–H groups in total. The van der Waals surface area contributed by atoms with Crippen LogP contribution in [0.15, 0.2) is 61.1 Å². The van der Waals surface area contributed by atoms with Crippen molar-refractivity contribution in [2.75, 3.05) is 17.2 Å². The lowest BCUT2D eigenvalue weighted by Crippen LogP contribution is -2.18. The van der Waals surface area contributed by atoms with E-state index in [2.05, 4.69) is 25.6 Å². The largest absolute Gasteiger partial charge is 0.462 e. The molecular formula is C20H19N5O3. The number of nitrogens with one attached hydrogen (secondary N) is 2. The van der Waals surface area contributed by atoms with Gasteiger partial charge in [-0.15, -0.1) is 0 Å². The van der Waals surface area contributed by atoms with Crippen molar-refractivity contribution in [1.82, 2.24) is 15.0 Å². The monoisotopic (exact) mass is 377 g/mol. The van der Waals surface area contributed by atoms with Crippen molar-refractivity contribution in [1.29, 1.82) is 0 Å². The molecule has 0 radical (unpaired) electrons. The van der Waals surface area contributed by atoms with Crippen LogP contribution in [-0.4, -0.2) is 33.4 Å². The van der Waals surface area contributed by atoms with Gasteiger partial charge in [-0.25, -0.2) is 14.8 Å². The SMILES string of the molecule is CCOC(=O)c1ccccc1NC(=O)c1ccnc(NCc2ccncc2)n1. The molecule has 3 rings (SSSR count). The lowest BCUT2D eigenvalue weighted by molar-refractivity contribution is 0.0527. The van der Waals surface area contributed by atoms with Gasteiger partial charge in [0.2, 0.25) is 5.95 Å². The molecular weight excluding hydrogens is 358 g/mol. The fourth-order valence-electron chi connectivity index (χ4n) is 2.42. The quantitative estimate of drug-likeness (QED) is 0.610. The van der Waals surface area contributed by atoms with E-state index in [0.717, 1.165) is 5.56 Å². The predicted octanol–water partition coefficient (Wildman–Crippen LogP) is 2.91. The van der Waals surface area contributed by atoms with E-state index in [0.29, 0.717) is 18.2 Å². The van der Waals surface area contributed by atoms with Gasteiger partial charge in [0.25, 0.3) is 5.91 Å². The summed E-state index contributed by atoms with van der Waals surface area (Å²) in [6, 6.07) is 11.9. The van der Waals surface area contributed by atoms with Gasteiger partial charge in [0.05, 0.1) is 17.9 Å². The summed E-state index contributed by atoms with van der Waals surface area (Å²) in [5.41, 5.74) is 1.82. The Bertz CT molecular complexity index is 963. The Morgan fingerprint density at radius 3 is 2.61 bits per heavy atom. The van der Waals surface area contributed by atoms with Gasteiger partial charge in [-0.3, -0.25) is 9.78 Å². The van der Waals surface area contributed by atoms with E-state index in [1.165, 1.54) is 12.3 Å². The molecule has 1 amide bonds. The number of hydrogen-bond acceptors (Lipinski definition) is 7. The highest BCUT2D eigenvalue weighted by Crippen LogP contribution is 2.17. The van der Waals surface area contributed by atoms with Gasteiger partial charge < -0.3 is 15.4 Å². The number of aromatic nitrogens is 3. The van der Waals surface area contributed by atoms with Crippen LogP contribution in [0.1, 0.15) is 33.3 Å². The molecule has 8 heteroatoms. The van der Waals surface area contributed by atoms with Crippen molar-refractivity contribution in [2.24, 2.45) is 0 Å². The van der Waals surface area contributed by atoms with Crippen molar-refractivity contribution in [3.8, 4) is 0 Å². The number of ether oxygens (including phenoxy) is 1. The van der Waals surface area contributed by atoms with E-state index >= 15 is 0 Å². The molecule has 0 saturated carbocycles. The summed E-state index contributed by atoms with van der Waals surface area (Å²) in [7, 11) is 0. The Morgan fingerprint density at radius 1 is 1.04 bits per heavy atom. The third-order valence-corrected chi connectivity index (χ3v) is 3.76. The van der Waals surface area contributed by atoms with E-state index in [9.17, 15) is 9.59 Å². The van der Waals surface area contributed by atoms with Crippen molar-refractivity contribution in [3.63, 3.8) is 0 Å². The Labute approximate surface area is 162 Å². The number of carbonyl (C=O) groups is 2. The predicted molar refractivity (Wildman–Crippen MR) is 104 cm³/mol. The molecule has 0 bridgehead atoms. The molecule has 1 aromatic carbocycles. The van der Waals surface area contributed by atoms with Gasteiger partial charge in [-0.05, 0) is 42.8 Å². The number of para-hydroxylation sites is 1. The molecule has 0 fully saturated rings. The van der Waals surface area contributed by atoms with Crippen LogP contribution in [0.5, 0.6) is 0 Å². The second kappa shape index (κ2) is 9.22. The van der Waals surface area contributed by atoms with Gasteiger partial charge in [0, 0.05) is 25.1 Å². The van der Waals surface area contributed by atoms with E-state index < -0.39 is 11.9 Å². The van der Waals surface area contributed by atoms with Crippen LogP contribution in [0.2, 0.25) is 0 Å². The summed E-state index contributed by atoms with van der Waals surface area (Å²) in [6.45, 7) is 2.47. The number of anilines is 2. The van der Waals surface area contributed by atoms with E-state index in [4.69, 9.17) is 4.74 Å². The molecule has 3 aromatic rings. The van der Waals surface area contributed by atoms with E-state index in [-0.39, 0.29) is 17.9 Å². The molecule has 0 saturated heterocycles. The molecule has 0 spiro atoms. The van der Waals surface area contributed by atoms with Gasteiger partial charge in [0.1, 0.15) is 5.69 Å². The van der Waals surface area contributed by atoms with Crippen LogP contribution in [0.3, 0.4) is 0 Å². The molecule has 0 atom stereocenters. The van der Waals surface area contributed by atoms with Crippen LogP contribution >= 0.6 is 0 Å². The summed E-state index contributed by atoms with van der Waals surface area (Å²) in [5.74, 6) is -0.630. The van der Waals surface area contributed by atoms with Gasteiger partial charge in [-0.1, -0.05) is 12.1 Å². The third-order valence-electron chi connectivity index (χ3n) is 3.76. The molecule has 0 aliphatic carbocycles. The van der Waals surface area contributed by atoms with E-state index in [1.807, 2.05) is 12.1 Å². The summed E-state index contributed by atoms with van der Waals surface area (Å²) < 4.78 is 5.02. The Morgan fingerprint density at radius 2 is 1.82 bits per heavy atom. The van der Waals surface area contributed by atoms with Crippen molar-refractivity contribution in [3.05, 3.63) is 77.9 Å². The fourth-order valence-corrected chi connectivity index (χ4v) is 2.42. The molecule has 8 nitrogen and oxygen atoms in total. The first-order valence-corrected chi connectivity index (χ1v) is 8.70. The molecule has 2 aromatic heterocycles. The number of esters is 1. The van der Waals surface area contributed by atoms with Crippen LogP contribution in [0, 0.1) is 0 Å². The number of nitrogens with zero attached hydrogens (tertiary/aromatic N) is 3. The number of rotatable bonds is 7. The summed E-state index contributed by atoms with van der Waals surface area (Å²) in [4.78, 5) is 36.9. The molecule has 142 valence electrons. The third kappa shape index (κ3) is 4.88. The smallest absolute Gasteiger partial charge is 0.340 e. The van der Waals surface area contributed by atoms with Crippen molar-refractivity contribution >= 4 is 23.5 Å². The minimum Gasteiger partial charge on any atom is -0.462 e. The topological polar surface area (TPSA) is 106 Å². The number of amides is 1. The molecule has 0 unspecified atom stereocenters. The van der Waals surface area contributed by atoms with Crippen LogP contribution in [0.25, 0.3) is 0 Å². The lowest BCUT2D eigenvalue weighted by Gasteiger charge is -2.10. The fraction of sp³-hybridized carbons (Fsp3) is 0.150.